The Morgan fingerprint density at radius 2 is 1.70 bits per heavy atom. The van der Waals surface area contributed by atoms with E-state index in [0.717, 1.165) is 24.3 Å². The minimum atomic E-state index is 0.711. The van der Waals surface area contributed by atoms with E-state index in [9.17, 15) is 0 Å². The van der Waals surface area contributed by atoms with Gasteiger partial charge < -0.3 is 10.3 Å². The van der Waals surface area contributed by atoms with Crippen molar-refractivity contribution >= 4 is 17.0 Å². The molecule has 0 amide bonds. The summed E-state index contributed by atoms with van der Waals surface area (Å²) in [6.45, 7) is 0.934. The Morgan fingerprint density at radius 3 is 2.61 bits per heavy atom. The molecule has 0 aliphatic carbocycles. The number of H-pyrrole nitrogens is 1. The summed E-state index contributed by atoms with van der Waals surface area (Å²) in [5, 5.41) is 3.37. The summed E-state index contributed by atoms with van der Waals surface area (Å²) in [5.41, 5.74) is 3.04. The SMILES string of the molecule is c1ccc(CCCCCCCNc2ncnc3nc[nH]c23)cc1. The van der Waals surface area contributed by atoms with Gasteiger partial charge in [0.15, 0.2) is 11.5 Å². The van der Waals surface area contributed by atoms with Gasteiger partial charge in [-0.05, 0) is 24.8 Å². The minimum absolute atomic E-state index is 0.711. The van der Waals surface area contributed by atoms with Gasteiger partial charge >= 0.3 is 0 Å². The second-order valence-corrected chi connectivity index (χ2v) is 5.75. The van der Waals surface area contributed by atoms with E-state index < -0.39 is 0 Å². The molecule has 3 rings (SSSR count). The van der Waals surface area contributed by atoms with E-state index in [0.29, 0.717) is 5.65 Å². The first-order valence-electron chi connectivity index (χ1n) is 8.35. The molecule has 2 N–H and O–H groups in total. The predicted octanol–water partition coefficient (Wildman–Crippen LogP) is 3.96. The fourth-order valence-corrected chi connectivity index (χ4v) is 2.74. The van der Waals surface area contributed by atoms with Crippen LogP contribution in [0.15, 0.2) is 43.0 Å². The van der Waals surface area contributed by atoms with Crippen LogP contribution in [0.25, 0.3) is 11.2 Å². The zero-order chi connectivity index (χ0) is 15.7. The smallest absolute Gasteiger partial charge is 0.182 e. The van der Waals surface area contributed by atoms with Gasteiger partial charge in [-0.3, -0.25) is 0 Å². The highest BCUT2D eigenvalue weighted by Gasteiger charge is 2.04. The van der Waals surface area contributed by atoms with Gasteiger partial charge in [-0.2, -0.15) is 0 Å². The van der Waals surface area contributed by atoms with Crippen LogP contribution in [-0.2, 0) is 6.42 Å². The van der Waals surface area contributed by atoms with E-state index in [4.69, 9.17) is 0 Å². The van der Waals surface area contributed by atoms with Crippen LogP contribution in [-0.4, -0.2) is 26.5 Å². The summed E-state index contributed by atoms with van der Waals surface area (Å²) in [5.74, 6) is 0.844. The van der Waals surface area contributed by atoms with Crippen LogP contribution in [0.4, 0.5) is 5.82 Å². The fourth-order valence-electron chi connectivity index (χ4n) is 2.74. The summed E-state index contributed by atoms with van der Waals surface area (Å²) in [6, 6.07) is 10.7. The molecule has 5 heteroatoms. The van der Waals surface area contributed by atoms with Crippen LogP contribution in [0.2, 0.25) is 0 Å². The Kier molecular flexibility index (Phi) is 5.56. The Balaban J connectivity index is 1.28. The molecule has 0 saturated heterocycles. The summed E-state index contributed by atoms with van der Waals surface area (Å²) in [6.07, 6.45) is 10.7. The molecule has 0 aliphatic heterocycles. The second kappa shape index (κ2) is 8.27. The van der Waals surface area contributed by atoms with E-state index in [2.05, 4.69) is 55.6 Å². The monoisotopic (exact) mass is 309 g/mol. The van der Waals surface area contributed by atoms with Crippen molar-refractivity contribution < 1.29 is 0 Å². The third-order valence-corrected chi connectivity index (χ3v) is 4.00. The normalized spacial score (nSPS) is 11.0. The van der Waals surface area contributed by atoms with Crippen molar-refractivity contribution in [2.45, 2.75) is 38.5 Å². The molecule has 0 unspecified atom stereocenters. The van der Waals surface area contributed by atoms with Crippen molar-refractivity contribution in [3.8, 4) is 0 Å². The average molecular weight is 309 g/mol. The minimum Gasteiger partial charge on any atom is -0.368 e. The van der Waals surface area contributed by atoms with Gasteiger partial charge in [0.05, 0.1) is 6.33 Å². The van der Waals surface area contributed by atoms with Crippen molar-refractivity contribution in [3.05, 3.63) is 48.5 Å². The number of nitrogens with one attached hydrogen (secondary N) is 2. The number of hydrogen-bond acceptors (Lipinski definition) is 4. The average Bonchev–Trinajstić information content (AvgIpc) is 3.07. The first-order chi connectivity index (χ1) is 11.4. The molecule has 2 heterocycles. The van der Waals surface area contributed by atoms with Gasteiger partial charge in [-0.1, -0.05) is 49.6 Å². The number of anilines is 1. The van der Waals surface area contributed by atoms with Gasteiger partial charge in [-0.25, -0.2) is 15.0 Å². The lowest BCUT2D eigenvalue weighted by atomic mass is 10.1. The maximum Gasteiger partial charge on any atom is 0.182 e. The third-order valence-electron chi connectivity index (χ3n) is 4.00. The highest BCUT2D eigenvalue weighted by atomic mass is 15.1. The summed E-state index contributed by atoms with van der Waals surface area (Å²) >= 11 is 0. The number of nitrogens with zero attached hydrogens (tertiary/aromatic N) is 3. The van der Waals surface area contributed by atoms with Gasteiger partial charge in [0.25, 0.3) is 0 Å². The van der Waals surface area contributed by atoms with Crippen molar-refractivity contribution in [3.63, 3.8) is 0 Å². The second-order valence-electron chi connectivity index (χ2n) is 5.75. The Bertz CT molecular complexity index is 708. The molecule has 5 nitrogen and oxygen atoms in total. The largest absolute Gasteiger partial charge is 0.368 e. The van der Waals surface area contributed by atoms with Crippen LogP contribution < -0.4 is 5.32 Å². The van der Waals surface area contributed by atoms with Crippen molar-refractivity contribution in [2.75, 3.05) is 11.9 Å². The molecule has 1 aromatic carbocycles. The van der Waals surface area contributed by atoms with Crippen LogP contribution in [0.5, 0.6) is 0 Å². The molecule has 0 fully saturated rings. The molecule has 0 atom stereocenters. The highest BCUT2D eigenvalue weighted by Crippen LogP contribution is 2.14. The van der Waals surface area contributed by atoms with Gasteiger partial charge in [0.1, 0.15) is 11.8 Å². The van der Waals surface area contributed by atoms with Gasteiger partial charge in [0.2, 0.25) is 0 Å². The topological polar surface area (TPSA) is 66.5 Å². The molecule has 0 bridgehead atoms. The fraction of sp³-hybridized carbons (Fsp3) is 0.389. The van der Waals surface area contributed by atoms with Crippen molar-refractivity contribution in [2.24, 2.45) is 0 Å². The van der Waals surface area contributed by atoms with E-state index in [-0.39, 0.29) is 0 Å². The van der Waals surface area contributed by atoms with E-state index in [1.165, 1.54) is 37.7 Å². The molecule has 2 aromatic heterocycles. The number of aromatic nitrogens is 4. The Labute approximate surface area is 136 Å². The molecule has 0 radical (unpaired) electrons. The standard InChI is InChI=1S/C18H23N5/c1(2-5-9-15-10-6-4-7-11-15)3-8-12-19-17-16-18(21-13-20-16)23-14-22-17/h4,6-7,10-11,13-14H,1-3,5,8-9,12H2,(H2,19,20,21,22,23). The Morgan fingerprint density at radius 1 is 0.870 bits per heavy atom. The van der Waals surface area contributed by atoms with Crippen molar-refractivity contribution in [1.82, 2.24) is 19.9 Å². The molecule has 3 aromatic rings. The number of rotatable bonds is 9. The number of aromatic amines is 1. The summed E-state index contributed by atoms with van der Waals surface area (Å²) in [7, 11) is 0. The highest BCUT2D eigenvalue weighted by molar-refractivity contribution is 5.81. The summed E-state index contributed by atoms with van der Waals surface area (Å²) in [4.78, 5) is 15.6. The Hall–Kier alpha value is -2.43. The lowest BCUT2D eigenvalue weighted by Gasteiger charge is -2.06. The van der Waals surface area contributed by atoms with Crippen LogP contribution in [0.3, 0.4) is 0 Å². The predicted molar refractivity (Wildman–Crippen MR) is 93.4 cm³/mol. The number of imidazole rings is 1. The number of aryl methyl sites for hydroxylation is 1. The molecule has 0 saturated carbocycles. The molecule has 0 aliphatic rings. The maximum absolute atomic E-state index is 4.27. The molecular formula is C18H23N5. The lowest BCUT2D eigenvalue weighted by molar-refractivity contribution is 0.623. The number of benzene rings is 1. The molecule has 0 spiro atoms. The van der Waals surface area contributed by atoms with Gasteiger partial charge in [-0.15, -0.1) is 0 Å². The molecule has 120 valence electrons. The van der Waals surface area contributed by atoms with Crippen LogP contribution in [0, 0.1) is 0 Å². The summed E-state index contributed by atoms with van der Waals surface area (Å²) < 4.78 is 0. The first-order valence-corrected chi connectivity index (χ1v) is 8.35. The zero-order valence-corrected chi connectivity index (χ0v) is 13.3. The van der Waals surface area contributed by atoms with Crippen LogP contribution >= 0.6 is 0 Å². The van der Waals surface area contributed by atoms with E-state index in [1.54, 1.807) is 12.7 Å². The van der Waals surface area contributed by atoms with Crippen molar-refractivity contribution in [1.29, 1.82) is 0 Å². The van der Waals surface area contributed by atoms with Crippen LogP contribution in [0.1, 0.15) is 37.7 Å². The first kappa shape index (κ1) is 15.5. The molecular weight excluding hydrogens is 286 g/mol. The third kappa shape index (κ3) is 4.52. The lowest BCUT2D eigenvalue weighted by Crippen LogP contribution is -2.04. The van der Waals surface area contributed by atoms with E-state index in [1.807, 2.05) is 0 Å². The van der Waals surface area contributed by atoms with E-state index >= 15 is 0 Å². The number of unbranched alkanes of at least 4 members (excludes halogenated alkanes) is 4. The zero-order valence-electron chi connectivity index (χ0n) is 13.3. The number of fused-ring (bicyclic) bond motifs is 1. The quantitative estimate of drug-likeness (QED) is 0.587. The maximum atomic E-state index is 4.27. The van der Waals surface area contributed by atoms with Gasteiger partial charge in [0, 0.05) is 6.54 Å². The number of hydrogen-bond donors (Lipinski definition) is 2. The molecule has 23 heavy (non-hydrogen) atoms.